The van der Waals surface area contributed by atoms with Crippen LogP contribution in [0.5, 0.6) is 0 Å². The molecule has 0 radical (unpaired) electrons. The van der Waals surface area contributed by atoms with Gasteiger partial charge < -0.3 is 9.47 Å². The van der Waals surface area contributed by atoms with Crippen LogP contribution in [0.4, 0.5) is 0 Å². The van der Waals surface area contributed by atoms with Gasteiger partial charge in [-0.1, -0.05) is 65.2 Å². The molecule has 134 valence electrons. The van der Waals surface area contributed by atoms with Crippen LogP contribution in [0.2, 0.25) is 0 Å². The zero-order valence-electron chi connectivity index (χ0n) is 15.1. The monoisotopic (exact) mass is 334 g/mol. The van der Waals surface area contributed by atoms with Crippen molar-refractivity contribution in [3.05, 3.63) is 0 Å². The molecule has 0 saturated heterocycles. The molecule has 0 amide bonds. The zero-order chi connectivity index (χ0) is 17.9. The van der Waals surface area contributed by atoms with Crippen molar-refractivity contribution < 1.29 is 19.1 Å². The van der Waals surface area contributed by atoms with Gasteiger partial charge >= 0.3 is 11.9 Å². The van der Waals surface area contributed by atoms with Gasteiger partial charge in [-0.3, -0.25) is 0 Å². The summed E-state index contributed by atoms with van der Waals surface area (Å²) in [4.78, 5) is 22.6. The molecule has 4 nitrogen and oxygen atoms in total. The second-order valence-electron chi connectivity index (χ2n) is 5.60. The summed E-state index contributed by atoms with van der Waals surface area (Å²) in [5.74, 6) is 7.88. The van der Waals surface area contributed by atoms with Crippen LogP contribution in [0, 0.1) is 23.7 Å². The number of unbranched alkanes of at least 4 members (excludes halogenated alkanes) is 8. The Morgan fingerprint density at radius 2 is 1.00 bits per heavy atom. The molecule has 0 saturated carbocycles. The van der Waals surface area contributed by atoms with E-state index >= 15 is 0 Å². The van der Waals surface area contributed by atoms with Crippen LogP contribution in [-0.2, 0) is 19.1 Å². The topological polar surface area (TPSA) is 52.6 Å². The average molecular weight is 334 g/mol. The van der Waals surface area contributed by atoms with Crippen molar-refractivity contribution in [2.24, 2.45) is 0 Å². The first-order valence-electron chi connectivity index (χ1n) is 9.06. The molecular weight excluding hydrogens is 304 g/mol. The summed E-state index contributed by atoms with van der Waals surface area (Å²) in [6, 6.07) is 0. The molecule has 0 unspecified atom stereocenters. The van der Waals surface area contributed by atoms with Crippen LogP contribution in [0.25, 0.3) is 0 Å². The first-order valence-corrected chi connectivity index (χ1v) is 9.06. The van der Waals surface area contributed by atoms with Crippen molar-refractivity contribution in [3.63, 3.8) is 0 Å². The highest BCUT2D eigenvalue weighted by Crippen LogP contribution is 2.02. The number of esters is 2. The Labute approximate surface area is 146 Å². The number of ether oxygens (including phenoxy) is 2. The van der Waals surface area contributed by atoms with Gasteiger partial charge in [0.05, 0.1) is 13.2 Å². The molecule has 0 aromatic heterocycles. The van der Waals surface area contributed by atoms with Crippen LogP contribution in [0.15, 0.2) is 0 Å². The minimum absolute atomic E-state index is 0.380. The Hall–Kier alpha value is -1.94. The van der Waals surface area contributed by atoms with E-state index in [4.69, 9.17) is 9.47 Å². The van der Waals surface area contributed by atoms with E-state index < -0.39 is 11.9 Å². The predicted octanol–water partition coefficient (Wildman–Crippen LogP) is 4.02. The van der Waals surface area contributed by atoms with Gasteiger partial charge in [0.1, 0.15) is 0 Å². The lowest BCUT2D eigenvalue weighted by atomic mass is 10.2. The third-order valence-corrected chi connectivity index (χ3v) is 3.35. The molecule has 0 aromatic rings. The van der Waals surface area contributed by atoms with Crippen LogP contribution in [-0.4, -0.2) is 25.2 Å². The molecule has 0 aliphatic heterocycles. The minimum Gasteiger partial charge on any atom is -0.456 e. The Balaban J connectivity index is 3.70. The molecule has 0 heterocycles. The number of carbonyl (C=O) groups excluding carboxylic acids is 2. The Morgan fingerprint density at radius 1 is 0.625 bits per heavy atom. The van der Waals surface area contributed by atoms with Gasteiger partial charge in [0.15, 0.2) is 0 Å². The van der Waals surface area contributed by atoms with Gasteiger partial charge in [0.2, 0.25) is 0 Å². The maximum absolute atomic E-state index is 11.3. The van der Waals surface area contributed by atoms with Gasteiger partial charge in [0.25, 0.3) is 0 Å². The molecular formula is C20H30O4. The fraction of sp³-hybridized carbons (Fsp3) is 0.700. The van der Waals surface area contributed by atoms with Gasteiger partial charge in [-0.2, -0.15) is 0 Å². The van der Waals surface area contributed by atoms with Crippen LogP contribution in [0.3, 0.4) is 0 Å². The summed E-state index contributed by atoms with van der Waals surface area (Å²) in [5, 5.41) is 0. The largest absolute Gasteiger partial charge is 0.456 e. The quantitative estimate of drug-likeness (QED) is 0.234. The molecule has 0 aliphatic carbocycles. The number of hydrogen-bond acceptors (Lipinski definition) is 4. The fourth-order valence-electron chi connectivity index (χ4n) is 1.98. The second-order valence-corrected chi connectivity index (χ2v) is 5.60. The van der Waals surface area contributed by atoms with E-state index in [-0.39, 0.29) is 0 Å². The molecule has 0 fully saturated rings. The van der Waals surface area contributed by atoms with Crippen molar-refractivity contribution in [1.82, 2.24) is 0 Å². The Bertz CT molecular complexity index is 416. The average Bonchev–Trinajstić information content (AvgIpc) is 2.58. The van der Waals surface area contributed by atoms with Gasteiger partial charge in [-0.25, -0.2) is 9.59 Å². The lowest BCUT2D eigenvalue weighted by Crippen LogP contribution is -2.03. The smallest absolute Gasteiger partial charge is 0.385 e. The van der Waals surface area contributed by atoms with Crippen molar-refractivity contribution in [1.29, 1.82) is 0 Å². The third kappa shape index (κ3) is 16.4. The molecule has 0 aliphatic rings. The van der Waals surface area contributed by atoms with Crippen molar-refractivity contribution in [3.8, 4) is 23.7 Å². The molecule has 4 heteroatoms. The van der Waals surface area contributed by atoms with E-state index in [9.17, 15) is 9.59 Å². The maximum atomic E-state index is 11.3. The molecule has 0 rings (SSSR count). The van der Waals surface area contributed by atoms with Crippen LogP contribution in [0.1, 0.15) is 78.1 Å². The summed E-state index contributed by atoms with van der Waals surface area (Å²) in [7, 11) is 0. The molecule has 0 N–H and O–H groups in total. The SMILES string of the molecule is CCCCCCCOC(=O)C#CC#CC(=O)OCCCCCCC. The predicted molar refractivity (Wildman–Crippen MR) is 95.0 cm³/mol. The summed E-state index contributed by atoms with van der Waals surface area (Å²) < 4.78 is 9.89. The summed E-state index contributed by atoms with van der Waals surface area (Å²) >= 11 is 0. The highest BCUT2D eigenvalue weighted by molar-refractivity contribution is 5.91. The normalized spacial score (nSPS) is 9.25. The lowest BCUT2D eigenvalue weighted by molar-refractivity contribution is -0.137. The first-order chi connectivity index (χ1) is 11.7. The van der Waals surface area contributed by atoms with Crippen LogP contribution < -0.4 is 0 Å². The highest BCUT2D eigenvalue weighted by atomic mass is 16.5. The Kier molecular flexibility index (Phi) is 16.0. The van der Waals surface area contributed by atoms with E-state index in [1.54, 1.807) is 0 Å². The zero-order valence-corrected chi connectivity index (χ0v) is 15.1. The molecule has 0 bridgehead atoms. The maximum Gasteiger partial charge on any atom is 0.385 e. The van der Waals surface area contributed by atoms with Gasteiger partial charge in [-0.05, 0) is 24.7 Å². The van der Waals surface area contributed by atoms with E-state index in [0.29, 0.717) is 13.2 Å². The van der Waals surface area contributed by atoms with Crippen molar-refractivity contribution >= 4 is 11.9 Å². The highest BCUT2D eigenvalue weighted by Gasteiger charge is 1.97. The van der Waals surface area contributed by atoms with Crippen molar-refractivity contribution in [2.75, 3.05) is 13.2 Å². The van der Waals surface area contributed by atoms with Gasteiger partial charge in [-0.15, -0.1) is 0 Å². The molecule has 0 spiro atoms. The van der Waals surface area contributed by atoms with Gasteiger partial charge in [0, 0.05) is 11.8 Å². The molecule has 0 atom stereocenters. The van der Waals surface area contributed by atoms with E-state index in [1.165, 1.54) is 25.7 Å². The fourth-order valence-corrected chi connectivity index (χ4v) is 1.98. The minimum atomic E-state index is -0.607. The number of hydrogen-bond donors (Lipinski definition) is 0. The van der Waals surface area contributed by atoms with E-state index in [0.717, 1.165) is 38.5 Å². The number of carbonyl (C=O) groups is 2. The summed E-state index contributed by atoms with van der Waals surface area (Å²) in [5.41, 5.74) is 0. The summed E-state index contributed by atoms with van der Waals surface area (Å²) in [6.07, 6.45) is 10.9. The third-order valence-electron chi connectivity index (χ3n) is 3.35. The summed E-state index contributed by atoms with van der Waals surface area (Å²) in [6.45, 7) is 5.07. The standard InChI is InChI=1S/C20H30O4/c1-3-5-7-9-13-17-23-19(21)15-11-12-16-20(22)24-18-14-10-8-6-4-2/h3-10,13-14,17-18H2,1-2H3. The van der Waals surface area contributed by atoms with E-state index in [2.05, 4.69) is 37.5 Å². The molecule has 24 heavy (non-hydrogen) atoms. The van der Waals surface area contributed by atoms with Crippen molar-refractivity contribution in [2.45, 2.75) is 78.1 Å². The lowest BCUT2D eigenvalue weighted by Gasteiger charge is -2.00. The first kappa shape index (κ1) is 22.1. The number of rotatable bonds is 12. The van der Waals surface area contributed by atoms with Crippen LogP contribution >= 0.6 is 0 Å². The Morgan fingerprint density at radius 3 is 1.38 bits per heavy atom. The molecule has 0 aromatic carbocycles. The van der Waals surface area contributed by atoms with E-state index in [1.807, 2.05) is 0 Å². The second kappa shape index (κ2) is 17.4.